The van der Waals surface area contributed by atoms with E-state index in [2.05, 4.69) is 465 Å². The van der Waals surface area contributed by atoms with Gasteiger partial charge in [0.25, 0.3) is 0 Å². The molecule has 24 aromatic rings. The summed E-state index contributed by atoms with van der Waals surface area (Å²) in [7, 11) is 0. The van der Waals surface area contributed by atoms with Crippen LogP contribution in [0.25, 0.3) is 151 Å². The molecule has 0 aliphatic heterocycles. The third-order valence-corrected chi connectivity index (χ3v) is 29.0. The van der Waals surface area contributed by atoms with Crippen molar-refractivity contribution >= 4 is 141 Å². The summed E-state index contributed by atoms with van der Waals surface area (Å²) in [5.41, 5.74) is 33.4. The van der Waals surface area contributed by atoms with Gasteiger partial charge in [0.15, 0.2) is 0 Å². The highest BCUT2D eigenvalue weighted by Gasteiger charge is 2.49. The van der Waals surface area contributed by atoms with Crippen molar-refractivity contribution in [1.29, 1.82) is 0 Å². The number of fused-ring (bicyclic) bond motifs is 18. The lowest BCUT2D eigenvalue weighted by Gasteiger charge is -2.34. The van der Waals surface area contributed by atoms with E-state index < -0.39 is 10.8 Å². The summed E-state index contributed by atoms with van der Waals surface area (Å²) in [6.45, 7) is 0. The van der Waals surface area contributed by atoms with Crippen molar-refractivity contribution < 1.29 is 8.83 Å². The molecule has 0 fully saturated rings. The molecule has 0 bridgehead atoms. The number of anilines is 6. The maximum atomic E-state index is 6.60. The van der Waals surface area contributed by atoms with E-state index in [0.717, 1.165) is 100 Å². The summed E-state index contributed by atoms with van der Waals surface area (Å²) in [5, 5.41) is 9.76. The quantitative estimate of drug-likeness (QED) is 0.109. The molecule has 600 valence electrons. The van der Waals surface area contributed by atoms with E-state index in [4.69, 9.17) is 8.83 Å². The van der Waals surface area contributed by atoms with Gasteiger partial charge in [-0.2, -0.15) is 0 Å². The molecule has 4 aromatic heterocycles. The standard InChI is InChI=1S/2C61H39NOS/c1-3-17-43(18-4-1)61(44-19-5-2-6-20-44)53-27-10-7-24-52(53)59-54(61)28-15-29-55(59)62(45-35-32-40(33-36-45)41-34-37-50-49-23-9-12-31-57(49)64-58(50)39-41)46-21-13-16-42(38-46)47-25-14-26-51-48-22-8-11-30-56(48)63-60(47)51;1-3-16-44(17-4-1)61(45-18-5-2-6-19-45)53-24-10-7-23-51(53)60-54(61)25-14-26-55(60)62(46-33-29-40(30-34-46)43-31-35-50-49-22-9-12-28-58(49)64-59(50)39-43)47-20-13-15-41(37-47)42-32-36-57-52(38-42)48-21-8-11-27-56(48)63-57/h2*1-39H. The molecule has 2 aliphatic rings. The molecule has 0 unspecified atom stereocenters. The van der Waals surface area contributed by atoms with Gasteiger partial charge in [0.05, 0.1) is 22.2 Å². The minimum Gasteiger partial charge on any atom is -0.456 e. The predicted octanol–water partition coefficient (Wildman–Crippen LogP) is 34.2. The van der Waals surface area contributed by atoms with Crippen LogP contribution >= 0.6 is 22.7 Å². The Morgan fingerprint density at radius 1 is 0.188 bits per heavy atom. The largest absolute Gasteiger partial charge is 0.456 e. The Morgan fingerprint density at radius 3 is 1.04 bits per heavy atom. The zero-order valence-electron chi connectivity index (χ0n) is 69.6. The second-order valence-electron chi connectivity index (χ2n) is 33.5. The molecular weight excluding hydrogens is 1590 g/mol. The van der Waals surface area contributed by atoms with Gasteiger partial charge in [0.1, 0.15) is 22.3 Å². The van der Waals surface area contributed by atoms with Crippen molar-refractivity contribution in [2.24, 2.45) is 0 Å². The maximum Gasteiger partial charge on any atom is 0.143 e. The van der Waals surface area contributed by atoms with Crippen LogP contribution in [0.2, 0.25) is 0 Å². The normalized spacial score (nSPS) is 12.8. The first-order valence-electron chi connectivity index (χ1n) is 43.8. The zero-order valence-corrected chi connectivity index (χ0v) is 71.2. The van der Waals surface area contributed by atoms with Crippen molar-refractivity contribution in [3.05, 3.63) is 518 Å². The number of benzene rings is 20. The van der Waals surface area contributed by atoms with Gasteiger partial charge in [-0.3, -0.25) is 0 Å². The Bertz CT molecular complexity index is 8370. The second-order valence-corrected chi connectivity index (χ2v) is 35.7. The Labute approximate surface area is 749 Å². The average Bonchev–Trinajstić information content (AvgIpc) is 1.53. The molecule has 0 atom stereocenters. The molecule has 26 rings (SSSR count). The van der Waals surface area contributed by atoms with Crippen LogP contribution in [0.15, 0.2) is 482 Å². The number of thiophene rings is 2. The monoisotopic (exact) mass is 1670 g/mol. The highest BCUT2D eigenvalue weighted by molar-refractivity contribution is 7.26. The molecule has 20 aromatic carbocycles. The third kappa shape index (κ3) is 11.9. The molecule has 0 radical (unpaired) electrons. The molecule has 0 amide bonds. The van der Waals surface area contributed by atoms with Crippen molar-refractivity contribution in [2.45, 2.75) is 10.8 Å². The number of nitrogens with zero attached hydrogens (tertiary/aromatic N) is 2. The number of furan rings is 2. The van der Waals surface area contributed by atoms with E-state index in [1.807, 2.05) is 40.9 Å². The molecule has 4 nitrogen and oxygen atoms in total. The van der Waals surface area contributed by atoms with Gasteiger partial charge >= 0.3 is 0 Å². The summed E-state index contributed by atoms with van der Waals surface area (Å²) in [6.07, 6.45) is 0. The number of hydrogen-bond acceptors (Lipinski definition) is 6. The fourth-order valence-electron chi connectivity index (χ4n) is 21.1. The van der Waals surface area contributed by atoms with Crippen LogP contribution < -0.4 is 9.80 Å². The lowest BCUT2D eigenvalue weighted by molar-refractivity contribution is 0.669. The van der Waals surface area contributed by atoms with Gasteiger partial charge in [0, 0.05) is 101 Å². The van der Waals surface area contributed by atoms with E-state index in [0.29, 0.717) is 0 Å². The topological polar surface area (TPSA) is 32.8 Å². The molecule has 4 heterocycles. The van der Waals surface area contributed by atoms with Crippen molar-refractivity contribution in [3.8, 4) is 66.8 Å². The van der Waals surface area contributed by atoms with Gasteiger partial charge in [-0.25, -0.2) is 0 Å². The first-order chi connectivity index (χ1) is 63.5. The van der Waals surface area contributed by atoms with Gasteiger partial charge < -0.3 is 18.6 Å². The summed E-state index contributed by atoms with van der Waals surface area (Å²) in [5.74, 6) is 0. The first kappa shape index (κ1) is 74.6. The Hall–Kier alpha value is -16.0. The lowest BCUT2D eigenvalue weighted by Crippen LogP contribution is -2.28. The molecule has 0 N–H and O–H groups in total. The van der Waals surface area contributed by atoms with Crippen LogP contribution in [0, 0.1) is 0 Å². The van der Waals surface area contributed by atoms with E-state index in [9.17, 15) is 0 Å². The Kier molecular flexibility index (Phi) is 17.8. The van der Waals surface area contributed by atoms with Crippen molar-refractivity contribution in [3.63, 3.8) is 0 Å². The summed E-state index contributed by atoms with van der Waals surface area (Å²) in [4.78, 5) is 4.93. The predicted molar refractivity (Wildman–Crippen MR) is 539 cm³/mol. The van der Waals surface area contributed by atoms with Crippen molar-refractivity contribution in [1.82, 2.24) is 0 Å². The molecular formula is C122H78N2O2S2. The highest BCUT2D eigenvalue weighted by atomic mass is 32.1. The fourth-order valence-corrected chi connectivity index (χ4v) is 23.4. The average molecular weight is 1670 g/mol. The SMILES string of the molecule is c1ccc(C2(c3ccccc3)c3ccccc3-c3c(N(c4ccc(-c5ccc6c(c5)sc5ccccc56)cc4)c4cccc(-c5ccc6oc7ccccc7c6c5)c4)cccc32)cc1.c1ccc(C2(c3ccccc3)c3ccccc3-c3c(N(c4ccc(-c5ccc6c(c5)sc5ccccc56)cc4)c4cccc(-c5cccc6c5oc5ccccc56)c4)cccc32)cc1. The van der Waals surface area contributed by atoms with Gasteiger partial charge in [0.2, 0.25) is 0 Å². The minimum absolute atomic E-state index is 0.518. The molecule has 0 saturated carbocycles. The van der Waals surface area contributed by atoms with Crippen LogP contribution in [-0.4, -0.2) is 0 Å². The summed E-state index contributed by atoms with van der Waals surface area (Å²) >= 11 is 3.72. The molecule has 0 spiro atoms. The molecule has 2 aliphatic carbocycles. The maximum absolute atomic E-state index is 6.60. The van der Waals surface area contributed by atoms with E-state index in [1.165, 1.54) is 129 Å². The lowest BCUT2D eigenvalue weighted by atomic mass is 9.68. The number of rotatable bonds is 14. The van der Waals surface area contributed by atoms with Gasteiger partial charge in [-0.15, -0.1) is 22.7 Å². The van der Waals surface area contributed by atoms with Crippen LogP contribution in [0.3, 0.4) is 0 Å². The molecule has 6 heteroatoms. The van der Waals surface area contributed by atoms with Crippen LogP contribution in [0.5, 0.6) is 0 Å². The third-order valence-electron chi connectivity index (χ3n) is 26.7. The van der Waals surface area contributed by atoms with E-state index in [1.54, 1.807) is 0 Å². The summed E-state index contributed by atoms with van der Waals surface area (Å²) < 4.78 is 18.1. The molecule has 0 saturated heterocycles. The highest BCUT2D eigenvalue weighted by Crippen LogP contribution is 2.62. The minimum atomic E-state index is -0.524. The van der Waals surface area contributed by atoms with Crippen LogP contribution in [0.1, 0.15) is 44.5 Å². The zero-order chi connectivity index (χ0) is 84.4. The number of hydrogen-bond donors (Lipinski definition) is 0. The number of para-hydroxylation sites is 3. The Balaban J connectivity index is 0.000000139. The van der Waals surface area contributed by atoms with Crippen LogP contribution in [-0.2, 0) is 10.8 Å². The van der Waals surface area contributed by atoms with Gasteiger partial charge in [-0.1, -0.05) is 364 Å². The summed E-state index contributed by atoms with van der Waals surface area (Å²) in [6, 6.07) is 173. The van der Waals surface area contributed by atoms with Crippen LogP contribution in [0.4, 0.5) is 34.1 Å². The first-order valence-corrected chi connectivity index (χ1v) is 45.4. The van der Waals surface area contributed by atoms with Gasteiger partial charge in [-0.05, 0) is 204 Å². The van der Waals surface area contributed by atoms with E-state index >= 15 is 0 Å². The van der Waals surface area contributed by atoms with E-state index in [-0.39, 0.29) is 0 Å². The van der Waals surface area contributed by atoms with Crippen molar-refractivity contribution in [2.75, 3.05) is 9.80 Å². The second kappa shape index (κ2) is 30.5. The Morgan fingerprint density at radius 2 is 0.531 bits per heavy atom. The smallest absolute Gasteiger partial charge is 0.143 e. The fraction of sp³-hybridized carbons (Fsp3) is 0.0164. The molecule has 128 heavy (non-hydrogen) atoms.